The van der Waals surface area contributed by atoms with Gasteiger partial charge in [-0.15, -0.1) is 0 Å². The van der Waals surface area contributed by atoms with Crippen molar-refractivity contribution >= 4 is 27.8 Å². The molecule has 0 aromatic heterocycles. The summed E-state index contributed by atoms with van der Waals surface area (Å²) in [5.74, 6) is 0.293. The monoisotopic (exact) mass is 325 g/mol. The Hall–Kier alpha value is -2.87. The highest BCUT2D eigenvalue weighted by Crippen LogP contribution is 2.47. The van der Waals surface area contributed by atoms with Crippen molar-refractivity contribution in [3.63, 3.8) is 0 Å². The average Bonchev–Trinajstić information content (AvgIpc) is 2.68. The van der Waals surface area contributed by atoms with Gasteiger partial charge in [-0.25, -0.2) is 0 Å². The van der Waals surface area contributed by atoms with Crippen LogP contribution in [0.15, 0.2) is 72.3 Å². The minimum atomic E-state index is 0.0918. The Morgan fingerprint density at radius 1 is 0.840 bits per heavy atom. The summed E-state index contributed by atoms with van der Waals surface area (Å²) < 4.78 is 0. The Labute approximate surface area is 147 Å². The van der Waals surface area contributed by atoms with Gasteiger partial charge in [-0.2, -0.15) is 0 Å². The fourth-order valence-electron chi connectivity index (χ4n) is 4.29. The van der Waals surface area contributed by atoms with Gasteiger partial charge in [0.2, 0.25) is 0 Å². The van der Waals surface area contributed by atoms with Crippen LogP contribution in [0.4, 0.5) is 5.69 Å². The van der Waals surface area contributed by atoms with Gasteiger partial charge in [0.1, 0.15) is 0 Å². The number of benzene rings is 3. The first-order chi connectivity index (χ1) is 12.3. The van der Waals surface area contributed by atoms with Gasteiger partial charge in [-0.3, -0.25) is 4.79 Å². The first-order valence-electron chi connectivity index (χ1n) is 8.93. The molecule has 2 nitrogen and oxygen atoms in total. The van der Waals surface area contributed by atoms with Crippen LogP contribution in [0.25, 0.3) is 16.3 Å². The minimum absolute atomic E-state index is 0.0918. The van der Waals surface area contributed by atoms with E-state index < -0.39 is 0 Å². The van der Waals surface area contributed by atoms with Crippen LogP contribution >= 0.6 is 0 Å². The molecular weight excluding hydrogens is 306 g/mol. The molecule has 2 heteroatoms. The molecule has 3 aromatic carbocycles. The van der Waals surface area contributed by atoms with Crippen LogP contribution in [0.5, 0.6) is 0 Å². The van der Waals surface area contributed by atoms with Gasteiger partial charge >= 0.3 is 0 Å². The van der Waals surface area contributed by atoms with E-state index in [1.54, 1.807) is 0 Å². The van der Waals surface area contributed by atoms with E-state index in [0.29, 0.717) is 12.2 Å². The van der Waals surface area contributed by atoms with E-state index in [9.17, 15) is 4.79 Å². The van der Waals surface area contributed by atoms with E-state index >= 15 is 0 Å². The minimum Gasteiger partial charge on any atom is -0.374 e. The van der Waals surface area contributed by atoms with Crippen molar-refractivity contribution in [1.82, 2.24) is 0 Å². The van der Waals surface area contributed by atoms with Gasteiger partial charge in [0.25, 0.3) is 0 Å². The van der Waals surface area contributed by atoms with Gasteiger partial charge in [0.15, 0.2) is 5.78 Å². The number of nitrogens with one attached hydrogen (secondary N) is 1. The van der Waals surface area contributed by atoms with E-state index in [2.05, 4.69) is 66.0 Å². The molecule has 1 atom stereocenters. The van der Waals surface area contributed by atoms with Gasteiger partial charge in [0, 0.05) is 23.2 Å². The molecule has 3 aromatic rings. The number of fused-ring (bicyclic) bond motifs is 4. The molecule has 0 saturated carbocycles. The number of Topliss-reactive ketones (excluding diaryl/α,β-unsaturated/α-hetero) is 1. The summed E-state index contributed by atoms with van der Waals surface area (Å²) in [5, 5.41) is 6.07. The lowest BCUT2D eigenvalue weighted by Crippen LogP contribution is -2.25. The fraction of sp³-hybridized carbons (Fsp3) is 0.174. The maximum Gasteiger partial charge on any atom is 0.163 e. The largest absolute Gasteiger partial charge is 0.374 e. The topological polar surface area (TPSA) is 29.1 Å². The third-order valence-corrected chi connectivity index (χ3v) is 5.41. The van der Waals surface area contributed by atoms with Crippen LogP contribution in [-0.2, 0) is 4.79 Å². The smallest absolute Gasteiger partial charge is 0.163 e. The second-order valence-electron chi connectivity index (χ2n) is 6.87. The molecule has 0 saturated heterocycles. The summed E-state index contributed by atoms with van der Waals surface area (Å²) in [6.45, 7) is 0. The number of allylic oxidation sites excluding steroid dienone is 1. The third kappa shape index (κ3) is 2.21. The standard InChI is InChI=1S/C23H19NO/c25-20-12-6-11-18-22(20)21-17-10-5-4-7-15(17)13-14-19(21)24-23(18)16-8-2-1-3-9-16/h1-5,7-10,13-14,23-24H,6,11-12H2/t23-/m1/s1. The number of rotatable bonds is 1. The van der Waals surface area contributed by atoms with E-state index in [0.717, 1.165) is 29.7 Å². The van der Waals surface area contributed by atoms with Gasteiger partial charge < -0.3 is 5.32 Å². The summed E-state index contributed by atoms with van der Waals surface area (Å²) in [5.41, 5.74) is 5.62. The zero-order valence-electron chi connectivity index (χ0n) is 14.0. The van der Waals surface area contributed by atoms with Crippen molar-refractivity contribution in [2.75, 3.05) is 5.32 Å². The lowest BCUT2D eigenvalue weighted by molar-refractivity contribution is -0.114. The molecule has 0 radical (unpaired) electrons. The van der Waals surface area contributed by atoms with Crippen molar-refractivity contribution in [3.8, 4) is 0 Å². The number of ketones is 1. The van der Waals surface area contributed by atoms with Crippen molar-refractivity contribution in [2.24, 2.45) is 0 Å². The zero-order valence-corrected chi connectivity index (χ0v) is 14.0. The molecule has 5 rings (SSSR count). The van der Waals surface area contributed by atoms with Crippen molar-refractivity contribution in [3.05, 3.63) is 83.4 Å². The predicted molar refractivity (Wildman–Crippen MR) is 103 cm³/mol. The quantitative estimate of drug-likeness (QED) is 0.639. The zero-order chi connectivity index (χ0) is 16.8. The van der Waals surface area contributed by atoms with Gasteiger partial charge in [-0.1, -0.05) is 60.7 Å². The third-order valence-electron chi connectivity index (χ3n) is 5.41. The molecule has 1 aliphatic heterocycles. The first-order valence-corrected chi connectivity index (χ1v) is 8.93. The number of carbonyl (C=O) groups is 1. The molecule has 1 N–H and O–H groups in total. The van der Waals surface area contributed by atoms with Gasteiger partial charge in [0.05, 0.1) is 6.04 Å². The second-order valence-corrected chi connectivity index (χ2v) is 6.87. The SMILES string of the molecule is O=C1CCCC2=C1c1c(ccc3ccccc13)N[C@@H]2c1ccccc1. The number of hydrogen-bond donors (Lipinski definition) is 1. The fourth-order valence-corrected chi connectivity index (χ4v) is 4.29. The number of anilines is 1. The highest BCUT2D eigenvalue weighted by molar-refractivity contribution is 6.27. The highest BCUT2D eigenvalue weighted by atomic mass is 16.1. The van der Waals surface area contributed by atoms with Crippen LogP contribution in [-0.4, -0.2) is 5.78 Å². The van der Waals surface area contributed by atoms with Crippen LogP contribution in [0, 0.1) is 0 Å². The Bertz CT molecular complexity index is 1020. The maximum absolute atomic E-state index is 12.9. The maximum atomic E-state index is 12.9. The normalized spacial score (nSPS) is 19.4. The molecule has 1 aliphatic carbocycles. The molecule has 122 valence electrons. The van der Waals surface area contributed by atoms with Crippen LogP contribution < -0.4 is 5.32 Å². The summed E-state index contributed by atoms with van der Waals surface area (Å²) in [7, 11) is 0. The summed E-state index contributed by atoms with van der Waals surface area (Å²) in [6.07, 6.45) is 2.59. The summed E-state index contributed by atoms with van der Waals surface area (Å²) in [6, 6.07) is 23.2. The molecule has 25 heavy (non-hydrogen) atoms. The van der Waals surface area contributed by atoms with Crippen LogP contribution in [0.2, 0.25) is 0 Å². The molecule has 0 unspecified atom stereocenters. The Kier molecular flexibility index (Phi) is 3.24. The molecule has 0 amide bonds. The predicted octanol–water partition coefficient (Wildman–Crippen LogP) is 5.51. The van der Waals surface area contributed by atoms with Crippen molar-refractivity contribution in [2.45, 2.75) is 25.3 Å². The molecule has 0 spiro atoms. The highest BCUT2D eigenvalue weighted by Gasteiger charge is 2.34. The second kappa shape index (κ2) is 5.59. The first kappa shape index (κ1) is 14.5. The summed E-state index contributed by atoms with van der Waals surface area (Å²) in [4.78, 5) is 12.9. The van der Waals surface area contributed by atoms with Crippen molar-refractivity contribution in [1.29, 1.82) is 0 Å². The van der Waals surface area contributed by atoms with E-state index in [4.69, 9.17) is 0 Å². The Morgan fingerprint density at radius 3 is 2.52 bits per heavy atom. The average molecular weight is 325 g/mol. The van der Waals surface area contributed by atoms with E-state index in [1.165, 1.54) is 21.9 Å². The number of hydrogen-bond acceptors (Lipinski definition) is 2. The van der Waals surface area contributed by atoms with Crippen LogP contribution in [0.3, 0.4) is 0 Å². The summed E-state index contributed by atoms with van der Waals surface area (Å²) >= 11 is 0. The van der Waals surface area contributed by atoms with E-state index in [1.807, 2.05) is 6.07 Å². The molecule has 2 aliphatic rings. The Morgan fingerprint density at radius 2 is 1.64 bits per heavy atom. The Balaban J connectivity index is 1.81. The molecule has 0 fully saturated rings. The lowest BCUT2D eigenvalue weighted by Gasteiger charge is -2.35. The van der Waals surface area contributed by atoms with E-state index in [-0.39, 0.29) is 6.04 Å². The lowest BCUT2D eigenvalue weighted by atomic mass is 9.77. The molecule has 0 bridgehead atoms. The van der Waals surface area contributed by atoms with Gasteiger partial charge in [-0.05, 0) is 40.8 Å². The number of carbonyl (C=O) groups excluding carboxylic acids is 1. The molecule has 1 heterocycles. The van der Waals surface area contributed by atoms with Crippen molar-refractivity contribution < 1.29 is 4.79 Å². The molecular formula is C23H19NO. The van der Waals surface area contributed by atoms with Crippen LogP contribution in [0.1, 0.15) is 36.4 Å².